The number of nitriles is 1. The van der Waals surface area contributed by atoms with E-state index in [1.165, 1.54) is 5.56 Å². The molecule has 1 fully saturated rings. The van der Waals surface area contributed by atoms with Gasteiger partial charge in [0.25, 0.3) is 0 Å². The molecule has 4 rings (SSSR count). The molecule has 31 heavy (non-hydrogen) atoms. The third kappa shape index (κ3) is 4.77. The molecule has 0 saturated carbocycles. The van der Waals surface area contributed by atoms with Gasteiger partial charge < -0.3 is 15.2 Å². The van der Waals surface area contributed by atoms with Crippen LogP contribution in [0.3, 0.4) is 0 Å². The predicted molar refractivity (Wildman–Crippen MR) is 124 cm³/mol. The lowest BCUT2D eigenvalue weighted by atomic mass is 9.87. The molecule has 8 heteroatoms. The Balaban J connectivity index is 1.50. The number of anilines is 2. The van der Waals surface area contributed by atoms with Crippen molar-refractivity contribution in [2.75, 3.05) is 23.3 Å². The van der Waals surface area contributed by atoms with Gasteiger partial charge in [0.05, 0.1) is 11.4 Å². The summed E-state index contributed by atoms with van der Waals surface area (Å²) in [6.07, 6.45) is 7.43. The number of hydrogen-bond donors (Lipinski definition) is 3. The van der Waals surface area contributed by atoms with Gasteiger partial charge in [0.1, 0.15) is 17.8 Å². The van der Waals surface area contributed by atoms with Crippen molar-refractivity contribution in [2.45, 2.75) is 45.1 Å². The first kappa shape index (κ1) is 20.7. The van der Waals surface area contributed by atoms with Gasteiger partial charge in [0.15, 0.2) is 6.19 Å². The molecule has 0 spiro atoms. The first-order valence-electron chi connectivity index (χ1n) is 10.6. The molecule has 0 bridgehead atoms. The fourth-order valence-corrected chi connectivity index (χ4v) is 3.88. The Bertz CT molecular complexity index is 1100. The van der Waals surface area contributed by atoms with Gasteiger partial charge in [-0.05, 0) is 42.0 Å². The molecular formula is C23H28N8. The van der Waals surface area contributed by atoms with Crippen LogP contribution in [0.2, 0.25) is 0 Å². The number of piperidine rings is 1. The maximum absolute atomic E-state index is 9.21. The number of benzene rings is 1. The summed E-state index contributed by atoms with van der Waals surface area (Å²) >= 11 is 0. The van der Waals surface area contributed by atoms with Crippen LogP contribution in [0.25, 0.3) is 11.0 Å². The number of nitrogens with one attached hydrogen (secondary N) is 3. The van der Waals surface area contributed by atoms with Crippen molar-refractivity contribution in [3.05, 3.63) is 48.4 Å². The molecule has 0 amide bonds. The van der Waals surface area contributed by atoms with Crippen LogP contribution in [0.1, 0.15) is 39.2 Å². The molecule has 1 aromatic carbocycles. The average Bonchev–Trinajstić information content (AvgIpc) is 3.23. The average molecular weight is 417 g/mol. The van der Waals surface area contributed by atoms with Crippen LogP contribution in [0.15, 0.2) is 47.8 Å². The minimum atomic E-state index is 0.0508. The Morgan fingerprint density at radius 1 is 1.23 bits per heavy atom. The number of guanidine groups is 1. The summed E-state index contributed by atoms with van der Waals surface area (Å²) in [6.45, 7) is 8.22. The summed E-state index contributed by atoms with van der Waals surface area (Å²) in [7, 11) is 0. The second-order valence-electron chi connectivity index (χ2n) is 8.85. The van der Waals surface area contributed by atoms with Crippen molar-refractivity contribution in [1.29, 1.82) is 5.26 Å². The number of aromatic nitrogens is 3. The molecule has 1 saturated heterocycles. The number of fused-ring (bicyclic) bond motifs is 1. The molecule has 1 aliphatic heterocycles. The van der Waals surface area contributed by atoms with E-state index in [1.807, 2.05) is 30.6 Å². The summed E-state index contributed by atoms with van der Waals surface area (Å²) in [5, 5.41) is 16.2. The maximum atomic E-state index is 9.21. The Labute approximate surface area is 182 Å². The monoisotopic (exact) mass is 416 g/mol. The SMILES string of the molecule is CC(C)(C)c1ccc(NC(=NC2CCCN(c3ncnc4[nH]ccc34)C2)NC#N)cc1. The van der Waals surface area contributed by atoms with Crippen LogP contribution in [0.5, 0.6) is 0 Å². The van der Waals surface area contributed by atoms with E-state index in [2.05, 4.69) is 63.4 Å². The quantitative estimate of drug-likeness (QED) is 0.260. The van der Waals surface area contributed by atoms with E-state index < -0.39 is 0 Å². The topological polar surface area (TPSA) is 105 Å². The standard InChI is InChI=1S/C23H28N8/c1-23(2,3)16-6-8-17(9-7-16)29-22(26-14-24)30-18-5-4-12-31(13-18)21-19-10-11-25-20(19)27-15-28-21/h6-11,15,18H,4-5,12-13H2,1-3H3,(H,25,27,28)(H2,26,29,30). The number of nitrogens with zero attached hydrogens (tertiary/aromatic N) is 5. The van der Waals surface area contributed by atoms with Crippen molar-refractivity contribution in [2.24, 2.45) is 4.99 Å². The maximum Gasteiger partial charge on any atom is 0.209 e. The largest absolute Gasteiger partial charge is 0.354 e. The van der Waals surface area contributed by atoms with Gasteiger partial charge in [-0.3, -0.25) is 5.32 Å². The summed E-state index contributed by atoms with van der Waals surface area (Å²) in [5.74, 6) is 1.39. The summed E-state index contributed by atoms with van der Waals surface area (Å²) < 4.78 is 0. The van der Waals surface area contributed by atoms with E-state index in [0.29, 0.717) is 5.96 Å². The Hall–Kier alpha value is -3.60. The molecule has 0 aliphatic carbocycles. The van der Waals surface area contributed by atoms with Crippen molar-refractivity contribution in [3.63, 3.8) is 0 Å². The van der Waals surface area contributed by atoms with E-state index in [0.717, 1.165) is 48.5 Å². The highest BCUT2D eigenvalue weighted by Crippen LogP contribution is 2.26. The molecule has 2 aromatic heterocycles. The second kappa shape index (κ2) is 8.64. The number of H-pyrrole nitrogens is 1. The summed E-state index contributed by atoms with van der Waals surface area (Å²) in [5.41, 5.74) is 3.08. The number of rotatable bonds is 3. The molecule has 3 aromatic rings. The van der Waals surface area contributed by atoms with Crippen molar-refractivity contribution < 1.29 is 0 Å². The molecule has 3 heterocycles. The third-order valence-electron chi connectivity index (χ3n) is 5.53. The molecule has 0 radical (unpaired) electrons. The van der Waals surface area contributed by atoms with Crippen LogP contribution in [-0.2, 0) is 5.41 Å². The van der Waals surface area contributed by atoms with Gasteiger partial charge >= 0.3 is 0 Å². The zero-order valence-electron chi connectivity index (χ0n) is 18.2. The lowest BCUT2D eigenvalue weighted by Gasteiger charge is -2.32. The van der Waals surface area contributed by atoms with Crippen molar-refractivity contribution in [1.82, 2.24) is 20.3 Å². The van der Waals surface area contributed by atoms with E-state index in [-0.39, 0.29) is 11.5 Å². The lowest BCUT2D eigenvalue weighted by Crippen LogP contribution is -2.40. The third-order valence-corrected chi connectivity index (χ3v) is 5.53. The molecule has 1 unspecified atom stereocenters. The summed E-state index contributed by atoms with van der Waals surface area (Å²) in [6, 6.07) is 10.3. The van der Waals surface area contributed by atoms with E-state index in [1.54, 1.807) is 6.33 Å². The van der Waals surface area contributed by atoms with E-state index in [9.17, 15) is 5.26 Å². The zero-order chi connectivity index (χ0) is 21.8. The molecule has 1 aliphatic rings. The molecule has 3 N–H and O–H groups in total. The highest BCUT2D eigenvalue weighted by molar-refractivity contribution is 5.94. The molecular weight excluding hydrogens is 388 g/mol. The number of hydrogen-bond acceptors (Lipinski definition) is 5. The molecule has 8 nitrogen and oxygen atoms in total. The van der Waals surface area contributed by atoms with Crippen LogP contribution < -0.4 is 15.5 Å². The number of aromatic amines is 1. The Morgan fingerprint density at radius 2 is 2.03 bits per heavy atom. The molecule has 1 atom stereocenters. The highest BCUT2D eigenvalue weighted by atomic mass is 15.2. The zero-order valence-corrected chi connectivity index (χ0v) is 18.2. The minimum absolute atomic E-state index is 0.0508. The Kier molecular flexibility index (Phi) is 5.76. The minimum Gasteiger partial charge on any atom is -0.354 e. The van der Waals surface area contributed by atoms with Crippen LogP contribution in [-0.4, -0.2) is 40.0 Å². The van der Waals surface area contributed by atoms with Crippen LogP contribution in [0.4, 0.5) is 11.5 Å². The Morgan fingerprint density at radius 3 is 2.77 bits per heavy atom. The van der Waals surface area contributed by atoms with Crippen LogP contribution in [0, 0.1) is 11.5 Å². The second-order valence-corrected chi connectivity index (χ2v) is 8.85. The van der Waals surface area contributed by atoms with Gasteiger partial charge in [-0.15, -0.1) is 0 Å². The first-order chi connectivity index (χ1) is 14.9. The first-order valence-corrected chi connectivity index (χ1v) is 10.6. The smallest absolute Gasteiger partial charge is 0.209 e. The summed E-state index contributed by atoms with van der Waals surface area (Å²) in [4.78, 5) is 19.0. The highest BCUT2D eigenvalue weighted by Gasteiger charge is 2.23. The lowest BCUT2D eigenvalue weighted by molar-refractivity contribution is 0.505. The fraction of sp³-hybridized carbons (Fsp3) is 0.391. The van der Waals surface area contributed by atoms with Crippen molar-refractivity contribution in [3.8, 4) is 6.19 Å². The molecule has 160 valence electrons. The van der Waals surface area contributed by atoms with E-state index >= 15 is 0 Å². The normalized spacial score (nSPS) is 17.4. The van der Waals surface area contributed by atoms with Gasteiger partial charge in [-0.1, -0.05) is 32.9 Å². The number of aliphatic imine (C=N–C) groups is 1. The van der Waals surface area contributed by atoms with Gasteiger partial charge in [0.2, 0.25) is 5.96 Å². The van der Waals surface area contributed by atoms with Crippen molar-refractivity contribution >= 4 is 28.5 Å². The van der Waals surface area contributed by atoms with Crippen LogP contribution >= 0.6 is 0 Å². The van der Waals surface area contributed by atoms with E-state index in [4.69, 9.17) is 4.99 Å². The predicted octanol–water partition coefficient (Wildman–Crippen LogP) is 3.76. The van der Waals surface area contributed by atoms with Gasteiger partial charge in [-0.25, -0.2) is 15.0 Å². The van der Waals surface area contributed by atoms with Gasteiger partial charge in [0, 0.05) is 25.0 Å². The fourth-order valence-electron chi connectivity index (χ4n) is 3.88. The van der Waals surface area contributed by atoms with Gasteiger partial charge in [-0.2, -0.15) is 5.26 Å².